The molecule has 4 rings (SSSR count). The third-order valence-electron chi connectivity index (χ3n) is 5.38. The second-order valence-electron chi connectivity index (χ2n) is 7.71. The summed E-state index contributed by atoms with van der Waals surface area (Å²) in [4.78, 5) is 27.1. The fourth-order valence-electron chi connectivity index (χ4n) is 3.70. The van der Waals surface area contributed by atoms with Gasteiger partial charge in [0.1, 0.15) is 28.8 Å². The predicted molar refractivity (Wildman–Crippen MR) is 116 cm³/mol. The Bertz CT molecular complexity index is 1180. The molecule has 0 saturated heterocycles. The van der Waals surface area contributed by atoms with E-state index in [1.54, 1.807) is 35.2 Å². The van der Waals surface area contributed by atoms with Gasteiger partial charge in [-0.05, 0) is 54.4 Å². The maximum Gasteiger partial charge on any atom is 0.264 e. The number of fused-ring (bicyclic) bond motifs is 1. The van der Waals surface area contributed by atoms with Crippen LogP contribution in [0.4, 0.5) is 18.9 Å². The van der Waals surface area contributed by atoms with Crippen molar-refractivity contribution in [3.8, 4) is 5.75 Å². The van der Waals surface area contributed by atoms with E-state index in [4.69, 9.17) is 4.74 Å². The third-order valence-corrected chi connectivity index (χ3v) is 5.38. The van der Waals surface area contributed by atoms with Crippen LogP contribution in [-0.4, -0.2) is 22.8 Å². The van der Waals surface area contributed by atoms with E-state index in [1.807, 2.05) is 6.92 Å². The lowest BCUT2D eigenvalue weighted by Gasteiger charge is -2.23. The zero-order valence-electron chi connectivity index (χ0n) is 17.8. The highest BCUT2D eigenvalue weighted by Gasteiger charge is 2.30. The number of amides is 2. The van der Waals surface area contributed by atoms with Gasteiger partial charge in [-0.15, -0.1) is 0 Å². The number of halogens is 3. The summed E-state index contributed by atoms with van der Waals surface area (Å²) in [6, 6.07) is 13.8. The van der Waals surface area contributed by atoms with E-state index in [1.165, 1.54) is 18.2 Å². The fraction of sp³-hybridized carbons (Fsp3) is 0.200. The molecule has 33 heavy (non-hydrogen) atoms. The standard InChI is InChI=1S/C25H21F3N2O3/c1-2-21-25(32)30(13-15-6-8-17(26)9-7-15)14-16-12-18(10-11-22(16)33-21)29-24(31)23-19(27)4-3-5-20(23)28/h3-12,21H,2,13-14H2,1H3,(H,29,31). The molecule has 3 aromatic rings. The molecular weight excluding hydrogens is 433 g/mol. The molecule has 1 atom stereocenters. The SMILES string of the molecule is CCC1Oc2ccc(NC(=O)c3c(F)cccc3F)cc2CN(Cc2ccc(F)cc2)C1=O. The minimum atomic E-state index is -0.965. The molecule has 3 aromatic carbocycles. The molecule has 1 unspecified atom stereocenters. The smallest absolute Gasteiger partial charge is 0.264 e. The van der Waals surface area contributed by atoms with Crippen LogP contribution in [-0.2, 0) is 17.9 Å². The van der Waals surface area contributed by atoms with Gasteiger partial charge in [-0.25, -0.2) is 13.2 Å². The predicted octanol–water partition coefficient (Wildman–Crippen LogP) is 5.06. The molecule has 170 valence electrons. The molecule has 1 N–H and O–H groups in total. The average Bonchev–Trinajstić information content (AvgIpc) is 2.91. The topological polar surface area (TPSA) is 58.6 Å². The van der Waals surface area contributed by atoms with Crippen LogP contribution in [0.1, 0.15) is 34.8 Å². The van der Waals surface area contributed by atoms with Gasteiger partial charge in [0.25, 0.3) is 11.8 Å². The Hall–Kier alpha value is -3.81. The highest BCUT2D eigenvalue weighted by molar-refractivity contribution is 6.04. The molecule has 0 saturated carbocycles. The minimum absolute atomic E-state index is 0.180. The monoisotopic (exact) mass is 454 g/mol. The lowest BCUT2D eigenvalue weighted by Crippen LogP contribution is -2.38. The Kier molecular flexibility index (Phi) is 6.35. The first kappa shape index (κ1) is 22.4. The van der Waals surface area contributed by atoms with Gasteiger partial charge in [0, 0.05) is 24.3 Å². The summed E-state index contributed by atoms with van der Waals surface area (Å²) in [6.07, 6.45) is -0.247. The molecule has 0 radical (unpaired) electrons. The molecule has 2 amide bonds. The number of hydrogen-bond donors (Lipinski definition) is 1. The van der Waals surface area contributed by atoms with Crippen LogP contribution in [0.25, 0.3) is 0 Å². The van der Waals surface area contributed by atoms with Crippen molar-refractivity contribution in [1.82, 2.24) is 4.90 Å². The van der Waals surface area contributed by atoms with Crippen molar-refractivity contribution in [3.63, 3.8) is 0 Å². The van der Waals surface area contributed by atoms with Crippen molar-refractivity contribution in [2.75, 3.05) is 5.32 Å². The largest absolute Gasteiger partial charge is 0.480 e. The number of hydrogen-bond acceptors (Lipinski definition) is 3. The molecule has 0 bridgehead atoms. The third kappa shape index (κ3) is 4.84. The molecule has 0 aliphatic carbocycles. The van der Waals surface area contributed by atoms with E-state index < -0.39 is 29.2 Å². The normalized spacial score (nSPS) is 15.5. The van der Waals surface area contributed by atoms with Gasteiger partial charge in [-0.3, -0.25) is 9.59 Å². The van der Waals surface area contributed by atoms with Crippen LogP contribution in [0, 0.1) is 17.5 Å². The van der Waals surface area contributed by atoms with E-state index in [0.717, 1.165) is 17.7 Å². The van der Waals surface area contributed by atoms with Crippen LogP contribution in [0.2, 0.25) is 0 Å². The van der Waals surface area contributed by atoms with Crippen LogP contribution >= 0.6 is 0 Å². The Morgan fingerprint density at radius 3 is 2.42 bits per heavy atom. The van der Waals surface area contributed by atoms with Crippen LogP contribution in [0.5, 0.6) is 5.75 Å². The fourth-order valence-corrected chi connectivity index (χ4v) is 3.70. The Labute approximate surface area is 188 Å². The van der Waals surface area contributed by atoms with Crippen molar-refractivity contribution in [2.24, 2.45) is 0 Å². The molecule has 1 aliphatic heterocycles. The lowest BCUT2D eigenvalue weighted by atomic mass is 10.1. The van der Waals surface area contributed by atoms with Crippen molar-refractivity contribution < 1.29 is 27.5 Å². The first-order chi connectivity index (χ1) is 15.9. The van der Waals surface area contributed by atoms with E-state index in [2.05, 4.69) is 5.32 Å². The highest BCUT2D eigenvalue weighted by atomic mass is 19.1. The summed E-state index contributed by atoms with van der Waals surface area (Å²) in [5, 5.41) is 2.50. The number of ether oxygens (including phenoxy) is 1. The summed E-state index contributed by atoms with van der Waals surface area (Å²) in [7, 11) is 0. The van der Waals surface area contributed by atoms with E-state index in [9.17, 15) is 22.8 Å². The quantitative estimate of drug-likeness (QED) is 0.587. The molecule has 0 fully saturated rings. The summed E-state index contributed by atoms with van der Waals surface area (Å²) in [5.41, 5.74) is 0.993. The van der Waals surface area contributed by atoms with Crippen molar-refractivity contribution in [1.29, 1.82) is 0 Å². The number of carbonyl (C=O) groups is 2. The molecule has 8 heteroatoms. The van der Waals surface area contributed by atoms with Gasteiger partial charge in [0.15, 0.2) is 6.10 Å². The van der Waals surface area contributed by atoms with Gasteiger partial charge < -0.3 is 15.0 Å². The molecule has 0 aromatic heterocycles. The summed E-state index contributed by atoms with van der Waals surface area (Å²) in [6.45, 7) is 2.26. The number of rotatable bonds is 5. The second kappa shape index (κ2) is 9.36. The van der Waals surface area contributed by atoms with Crippen LogP contribution < -0.4 is 10.1 Å². The number of carbonyl (C=O) groups excluding carboxylic acids is 2. The number of anilines is 1. The Morgan fingerprint density at radius 2 is 1.76 bits per heavy atom. The second-order valence-corrected chi connectivity index (χ2v) is 7.71. The van der Waals surface area contributed by atoms with Crippen LogP contribution in [0.15, 0.2) is 60.7 Å². The summed E-state index contributed by atoms with van der Waals surface area (Å²) >= 11 is 0. The Balaban J connectivity index is 1.60. The van der Waals surface area contributed by atoms with E-state index >= 15 is 0 Å². The first-order valence-electron chi connectivity index (χ1n) is 10.4. The van der Waals surface area contributed by atoms with Crippen molar-refractivity contribution in [2.45, 2.75) is 32.5 Å². The lowest BCUT2D eigenvalue weighted by molar-refractivity contribution is -0.139. The number of nitrogens with one attached hydrogen (secondary N) is 1. The molecule has 5 nitrogen and oxygen atoms in total. The van der Waals surface area contributed by atoms with E-state index in [-0.39, 0.29) is 24.8 Å². The number of nitrogens with zero attached hydrogens (tertiary/aromatic N) is 1. The zero-order valence-corrected chi connectivity index (χ0v) is 17.8. The minimum Gasteiger partial charge on any atom is -0.480 e. The summed E-state index contributed by atoms with van der Waals surface area (Å²) < 4.78 is 47.1. The molecule has 1 aliphatic rings. The van der Waals surface area contributed by atoms with Gasteiger partial charge in [-0.2, -0.15) is 0 Å². The van der Waals surface area contributed by atoms with Gasteiger partial charge in [0.2, 0.25) is 0 Å². The molecule has 0 spiro atoms. The maximum atomic E-state index is 14.0. The zero-order chi connectivity index (χ0) is 23.5. The van der Waals surface area contributed by atoms with E-state index in [0.29, 0.717) is 23.4 Å². The number of benzene rings is 3. The molecule has 1 heterocycles. The van der Waals surface area contributed by atoms with Crippen LogP contribution in [0.3, 0.4) is 0 Å². The van der Waals surface area contributed by atoms with Gasteiger partial charge in [-0.1, -0.05) is 25.1 Å². The highest BCUT2D eigenvalue weighted by Crippen LogP contribution is 2.30. The van der Waals surface area contributed by atoms with Gasteiger partial charge in [0.05, 0.1) is 0 Å². The molecular formula is C25H21F3N2O3. The summed E-state index contributed by atoms with van der Waals surface area (Å²) in [5.74, 6) is -2.96. The van der Waals surface area contributed by atoms with Crippen molar-refractivity contribution >= 4 is 17.5 Å². The first-order valence-corrected chi connectivity index (χ1v) is 10.4. The average molecular weight is 454 g/mol. The van der Waals surface area contributed by atoms with Gasteiger partial charge >= 0.3 is 0 Å². The Morgan fingerprint density at radius 1 is 1.06 bits per heavy atom. The van der Waals surface area contributed by atoms with Crippen molar-refractivity contribution in [3.05, 3.63) is 94.8 Å². The maximum absolute atomic E-state index is 14.0.